The van der Waals surface area contributed by atoms with Gasteiger partial charge >= 0.3 is 0 Å². The van der Waals surface area contributed by atoms with Gasteiger partial charge in [0, 0.05) is 19.4 Å². The molecule has 0 aliphatic heterocycles. The fourth-order valence-electron chi connectivity index (χ4n) is 1.61. The topological polar surface area (TPSA) is 37.8 Å². The minimum atomic E-state index is -0.206. The van der Waals surface area contributed by atoms with Gasteiger partial charge in [-0.05, 0) is 24.2 Å². The van der Waals surface area contributed by atoms with Crippen LogP contribution in [0.5, 0.6) is 0 Å². The Morgan fingerprint density at radius 3 is 2.61 bits per heavy atom. The lowest BCUT2D eigenvalue weighted by molar-refractivity contribution is 0.627. The van der Waals surface area contributed by atoms with Gasteiger partial charge in [-0.25, -0.2) is 4.39 Å². The molecule has 0 saturated heterocycles. The Labute approximate surface area is 110 Å². The molecule has 0 aliphatic rings. The Morgan fingerprint density at radius 1 is 1.17 bits per heavy atom. The summed E-state index contributed by atoms with van der Waals surface area (Å²) < 4.78 is 12.8. The smallest absolute Gasteiger partial charge is 0.123 e. The molecule has 96 valence electrons. The fourth-order valence-corrected chi connectivity index (χ4v) is 2.49. The second-order valence-electron chi connectivity index (χ2n) is 4.00. The standard InChI is InChI=1S/C13H16FN3S/c1-2-15-8-7-12-16-17-13(18-12)9-10-3-5-11(14)6-4-10/h3-6,15H,2,7-9H2,1H3. The molecule has 0 saturated carbocycles. The number of hydrogen-bond donors (Lipinski definition) is 1. The molecule has 5 heteroatoms. The summed E-state index contributed by atoms with van der Waals surface area (Å²) >= 11 is 1.63. The lowest BCUT2D eigenvalue weighted by Crippen LogP contribution is -2.15. The maximum absolute atomic E-state index is 12.8. The highest BCUT2D eigenvalue weighted by Gasteiger charge is 2.05. The molecule has 0 unspecified atom stereocenters. The molecule has 2 rings (SSSR count). The highest BCUT2D eigenvalue weighted by molar-refractivity contribution is 7.11. The van der Waals surface area contributed by atoms with Gasteiger partial charge in [0.2, 0.25) is 0 Å². The van der Waals surface area contributed by atoms with Crippen molar-refractivity contribution in [2.75, 3.05) is 13.1 Å². The molecule has 2 aromatic rings. The molecule has 0 fully saturated rings. The SMILES string of the molecule is CCNCCc1nnc(Cc2ccc(F)cc2)s1. The maximum atomic E-state index is 12.8. The largest absolute Gasteiger partial charge is 0.317 e. The lowest BCUT2D eigenvalue weighted by atomic mass is 10.2. The molecule has 1 heterocycles. The van der Waals surface area contributed by atoms with E-state index in [1.807, 2.05) is 0 Å². The zero-order chi connectivity index (χ0) is 12.8. The minimum absolute atomic E-state index is 0.206. The third-order valence-corrected chi connectivity index (χ3v) is 3.53. The summed E-state index contributed by atoms with van der Waals surface area (Å²) in [5.74, 6) is -0.206. The van der Waals surface area contributed by atoms with Gasteiger partial charge in [-0.15, -0.1) is 21.5 Å². The molecule has 1 aromatic carbocycles. The van der Waals surface area contributed by atoms with E-state index in [0.717, 1.165) is 41.5 Å². The molecule has 0 spiro atoms. The van der Waals surface area contributed by atoms with E-state index in [-0.39, 0.29) is 5.82 Å². The zero-order valence-corrected chi connectivity index (χ0v) is 11.1. The first kappa shape index (κ1) is 13.1. The number of nitrogens with one attached hydrogen (secondary N) is 1. The van der Waals surface area contributed by atoms with Crippen molar-refractivity contribution >= 4 is 11.3 Å². The van der Waals surface area contributed by atoms with Gasteiger partial charge in [0.25, 0.3) is 0 Å². The molecule has 18 heavy (non-hydrogen) atoms. The summed E-state index contributed by atoms with van der Waals surface area (Å²) in [6.45, 7) is 3.99. The molecule has 0 aliphatic carbocycles. The van der Waals surface area contributed by atoms with Crippen LogP contribution >= 0.6 is 11.3 Å². The highest BCUT2D eigenvalue weighted by Crippen LogP contribution is 2.15. The Kier molecular flexibility index (Phi) is 4.78. The summed E-state index contributed by atoms with van der Waals surface area (Å²) in [6.07, 6.45) is 1.63. The van der Waals surface area contributed by atoms with Crippen LogP contribution in [0.25, 0.3) is 0 Å². The van der Waals surface area contributed by atoms with Gasteiger partial charge < -0.3 is 5.32 Å². The molecular weight excluding hydrogens is 249 g/mol. The summed E-state index contributed by atoms with van der Waals surface area (Å²) in [4.78, 5) is 0. The summed E-state index contributed by atoms with van der Waals surface area (Å²) in [6, 6.07) is 6.52. The molecule has 0 radical (unpaired) electrons. The van der Waals surface area contributed by atoms with Crippen LogP contribution in [-0.4, -0.2) is 23.3 Å². The Morgan fingerprint density at radius 2 is 1.89 bits per heavy atom. The van der Waals surface area contributed by atoms with E-state index in [9.17, 15) is 4.39 Å². The number of benzene rings is 1. The van der Waals surface area contributed by atoms with E-state index < -0.39 is 0 Å². The van der Waals surface area contributed by atoms with Crippen molar-refractivity contribution in [1.29, 1.82) is 0 Å². The first-order chi connectivity index (χ1) is 8.78. The molecule has 1 aromatic heterocycles. The highest BCUT2D eigenvalue weighted by atomic mass is 32.1. The van der Waals surface area contributed by atoms with Crippen LogP contribution in [0, 0.1) is 5.82 Å². The van der Waals surface area contributed by atoms with Crippen LogP contribution in [-0.2, 0) is 12.8 Å². The Balaban J connectivity index is 1.91. The molecule has 0 atom stereocenters. The predicted octanol–water partition coefficient (Wildman–Crippen LogP) is 2.42. The van der Waals surface area contributed by atoms with Gasteiger partial charge in [-0.3, -0.25) is 0 Å². The van der Waals surface area contributed by atoms with E-state index >= 15 is 0 Å². The van der Waals surface area contributed by atoms with Crippen molar-refractivity contribution in [1.82, 2.24) is 15.5 Å². The van der Waals surface area contributed by atoms with Crippen molar-refractivity contribution in [3.8, 4) is 0 Å². The van der Waals surface area contributed by atoms with Crippen LogP contribution in [0.4, 0.5) is 4.39 Å². The first-order valence-corrected chi connectivity index (χ1v) is 6.86. The summed E-state index contributed by atoms with van der Waals surface area (Å²) in [7, 11) is 0. The number of hydrogen-bond acceptors (Lipinski definition) is 4. The van der Waals surface area contributed by atoms with Gasteiger partial charge in [-0.1, -0.05) is 19.1 Å². The summed E-state index contributed by atoms with van der Waals surface area (Å²) in [5, 5.41) is 13.6. The first-order valence-electron chi connectivity index (χ1n) is 6.04. The maximum Gasteiger partial charge on any atom is 0.123 e. The van der Waals surface area contributed by atoms with Crippen LogP contribution in [0.1, 0.15) is 22.5 Å². The predicted molar refractivity (Wildman–Crippen MR) is 71.4 cm³/mol. The van der Waals surface area contributed by atoms with Gasteiger partial charge in [-0.2, -0.15) is 0 Å². The number of rotatable bonds is 6. The fraction of sp³-hybridized carbons (Fsp3) is 0.385. The van der Waals surface area contributed by atoms with Crippen molar-refractivity contribution in [2.24, 2.45) is 0 Å². The minimum Gasteiger partial charge on any atom is -0.317 e. The van der Waals surface area contributed by atoms with E-state index in [0.29, 0.717) is 0 Å². The summed E-state index contributed by atoms with van der Waals surface area (Å²) in [5.41, 5.74) is 1.06. The third-order valence-electron chi connectivity index (χ3n) is 2.54. The number of likely N-dealkylation sites (N-methyl/N-ethyl adjacent to an activating group) is 1. The molecular formula is C13H16FN3S. The van der Waals surface area contributed by atoms with E-state index in [2.05, 4.69) is 22.4 Å². The van der Waals surface area contributed by atoms with Gasteiger partial charge in [0.1, 0.15) is 15.8 Å². The van der Waals surface area contributed by atoms with Gasteiger partial charge in [0.05, 0.1) is 0 Å². The number of aromatic nitrogens is 2. The quantitative estimate of drug-likeness (QED) is 0.815. The van der Waals surface area contributed by atoms with Gasteiger partial charge in [0.15, 0.2) is 0 Å². The second kappa shape index (κ2) is 6.56. The molecule has 1 N–H and O–H groups in total. The average molecular weight is 265 g/mol. The molecule has 0 amide bonds. The van der Waals surface area contributed by atoms with Crippen molar-refractivity contribution in [3.63, 3.8) is 0 Å². The molecule has 0 bridgehead atoms. The molecule has 3 nitrogen and oxygen atoms in total. The van der Waals surface area contributed by atoms with Crippen molar-refractivity contribution in [2.45, 2.75) is 19.8 Å². The normalized spacial score (nSPS) is 10.8. The van der Waals surface area contributed by atoms with Crippen LogP contribution < -0.4 is 5.32 Å². The average Bonchev–Trinajstić information content (AvgIpc) is 2.80. The Bertz CT molecular complexity index is 481. The van der Waals surface area contributed by atoms with Crippen LogP contribution in [0.3, 0.4) is 0 Å². The number of halogens is 1. The van der Waals surface area contributed by atoms with E-state index in [1.54, 1.807) is 23.5 Å². The monoisotopic (exact) mass is 265 g/mol. The van der Waals surface area contributed by atoms with E-state index in [1.165, 1.54) is 12.1 Å². The Hall–Kier alpha value is -1.33. The van der Waals surface area contributed by atoms with E-state index in [4.69, 9.17) is 0 Å². The lowest BCUT2D eigenvalue weighted by Gasteiger charge is -1.97. The second-order valence-corrected chi connectivity index (χ2v) is 5.14. The van der Waals surface area contributed by atoms with Crippen molar-refractivity contribution < 1.29 is 4.39 Å². The van der Waals surface area contributed by atoms with Crippen LogP contribution in [0.15, 0.2) is 24.3 Å². The third kappa shape index (κ3) is 3.85. The van der Waals surface area contributed by atoms with Crippen LogP contribution in [0.2, 0.25) is 0 Å². The zero-order valence-electron chi connectivity index (χ0n) is 10.3. The number of nitrogens with zero attached hydrogens (tertiary/aromatic N) is 2. The van der Waals surface area contributed by atoms with Crippen molar-refractivity contribution in [3.05, 3.63) is 45.7 Å².